The summed E-state index contributed by atoms with van der Waals surface area (Å²) < 4.78 is 21.8. The second kappa shape index (κ2) is 9.03. The molecule has 0 aromatic carbocycles. The van der Waals surface area contributed by atoms with Gasteiger partial charge in [0.05, 0.1) is 6.61 Å². The molecule has 0 aromatic rings. The van der Waals surface area contributed by atoms with Crippen molar-refractivity contribution in [3.8, 4) is 0 Å². The molecule has 1 unspecified atom stereocenters. The van der Waals surface area contributed by atoms with Gasteiger partial charge >= 0.3 is 11.9 Å². The number of esters is 2. The molecule has 0 bridgehead atoms. The SMILES string of the molecule is CC(=O)OCC1O[C@H](OCC2CCCCC2)C=C[C@@H]1OC(C)=O. The number of hydrogen-bond acceptors (Lipinski definition) is 6. The zero-order chi connectivity index (χ0) is 16.7. The van der Waals surface area contributed by atoms with Gasteiger partial charge in [0.1, 0.15) is 18.8 Å². The van der Waals surface area contributed by atoms with Gasteiger partial charge in [-0.25, -0.2) is 0 Å². The quantitative estimate of drug-likeness (QED) is 0.551. The van der Waals surface area contributed by atoms with E-state index in [0.29, 0.717) is 12.5 Å². The predicted octanol–water partition coefficient (Wildman–Crippen LogP) is 2.36. The third kappa shape index (κ3) is 6.31. The molecule has 130 valence electrons. The first kappa shape index (κ1) is 17.9. The first-order chi connectivity index (χ1) is 11.0. The van der Waals surface area contributed by atoms with Crippen LogP contribution in [0, 0.1) is 5.92 Å². The van der Waals surface area contributed by atoms with Crippen LogP contribution in [0.15, 0.2) is 12.2 Å². The topological polar surface area (TPSA) is 71.1 Å². The summed E-state index contributed by atoms with van der Waals surface area (Å²) in [6, 6.07) is 0. The average molecular weight is 326 g/mol. The molecule has 23 heavy (non-hydrogen) atoms. The van der Waals surface area contributed by atoms with Gasteiger partial charge in [-0.05, 0) is 30.9 Å². The van der Waals surface area contributed by atoms with Crippen LogP contribution in [0.25, 0.3) is 0 Å². The first-order valence-electron chi connectivity index (χ1n) is 8.30. The minimum absolute atomic E-state index is 0.0287. The van der Waals surface area contributed by atoms with Crippen molar-refractivity contribution in [1.29, 1.82) is 0 Å². The average Bonchev–Trinajstić information content (AvgIpc) is 2.53. The highest BCUT2D eigenvalue weighted by Crippen LogP contribution is 2.25. The lowest BCUT2D eigenvalue weighted by atomic mass is 9.90. The van der Waals surface area contributed by atoms with Crippen LogP contribution >= 0.6 is 0 Å². The Balaban J connectivity index is 1.86. The molecule has 6 nitrogen and oxygen atoms in total. The van der Waals surface area contributed by atoms with Crippen LogP contribution < -0.4 is 0 Å². The Morgan fingerprint density at radius 1 is 1.04 bits per heavy atom. The Morgan fingerprint density at radius 2 is 1.78 bits per heavy atom. The Kier molecular flexibility index (Phi) is 7.05. The van der Waals surface area contributed by atoms with Crippen LogP contribution in [0.4, 0.5) is 0 Å². The third-order valence-electron chi connectivity index (χ3n) is 4.11. The van der Waals surface area contributed by atoms with Crippen molar-refractivity contribution in [2.45, 2.75) is 64.4 Å². The summed E-state index contributed by atoms with van der Waals surface area (Å²) in [5.74, 6) is -0.221. The van der Waals surface area contributed by atoms with Gasteiger partial charge in [0.2, 0.25) is 0 Å². The molecule has 0 saturated heterocycles. The lowest BCUT2D eigenvalue weighted by molar-refractivity contribution is -0.200. The van der Waals surface area contributed by atoms with Crippen molar-refractivity contribution in [3.05, 3.63) is 12.2 Å². The summed E-state index contributed by atoms with van der Waals surface area (Å²) in [5.41, 5.74) is 0. The van der Waals surface area contributed by atoms with Gasteiger partial charge < -0.3 is 18.9 Å². The molecule has 1 saturated carbocycles. The van der Waals surface area contributed by atoms with E-state index in [1.54, 1.807) is 12.2 Å². The molecule has 3 atom stereocenters. The van der Waals surface area contributed by atoms with E-state index in [4.69, 9.17) is 18.9 Å². The lowest BCUT2D eigenvalue weighted by Crippen LogP contribution is -2.42. The van der Waals surface area contributed by atoms with Crippen molar-refractivity contribution in [1.82, 2.24) is 0 Å². The minimum Gasteiger partial charge on any atom is -0.463 e. The molecule has 0 radical (unpaired) electrons. The van der Waals surface area contributed by atoms with Gasteiger partial charge in [-0.1, -0.05) is 19.3 Å². The van der Waals surface area contributed by atoms with E-state index in [9.17, 15) is 9.59 Å². The Hall–Kier alpha value is -1.40. The highest BCUT2D eigenvalue weighted by atomic mass is 16.7. The van der Waals surface area contributed by atoms with Crippen LogP contribution in [-0.4, -0.2) is 43.7 Å². The monoisotopic (exact) mass is 326 g/mol. The van der Waals surface area contributed by atoms with Crippen LogP contribution in [0.2, 0.25) is 0 Å². The van der Waals surface area contributed by atoms with E-state index >= 15 is 0 Å². The van der Waals surface area contributed by atoms with Gasteiger partial charge in [-0.3, -0.25) is 9.59 Å². The van der Waals surface area contributed by atoms with E-state index in [2.05, 4.69) is 0 Å². The van der Waals surface area contributed by atoms with E-state index in [-0.39, 0.29) is 6.61 Å². The highest BCUT2D eigenvalue weighted by Gasteiger charge is 2.31. The molecule has 1 fully saturated rings. The Labute approximate surface area is 137 Å². The van der Waals surface area contributed by atoms with Crippen molar-refractivity contribution >= 4 is 11.9 Å². The lowest BCUT2D eigenvalue weighted by Gasteiger charge is -2.32. The number of ether oxygens (including phenoxy) is 4. The van der Waals surface area contributed by atoms with Gasteiger partial charge in [0, 0.05) is 13.8 Å². The summed E-state index contributed by atoms with van der Waals surface area (Å²) in [5, 5.41) is 0. The third-order valence-corrected chi connectivity index (χ3v) is 4.11. The maximum absolute atomic E-state index is 11.2. The van der Waals surface area contributed by atoms with E-state index in [1.165, 1.54) is 46.0 Å². The standard InChI is InChI=1S/C17H26O6/c1-12(18)20-11-16-15(22-13(2)19)8-9-17(23-16)21-10-14-6-4-3-5-7-14/h8-9,14-17H,3-7,10-11H2,1-2H3/t15-,16?,17-/m0/s1. The molecule has 0 N–H and O–H groups in total. The Bertz CT molecular complexity index is 427. The van der Waals surface area contributed by atoms with Crippen molar-refractivity contribution < 1.29 is 28.5 Å². The minimum atomic E-state index is -0.568. The van der Waals surface area contributed by atoms with E-state index in [1.807, 2.05) is 0 Å². The van der Waals surface area contributed by atoms with E-state index < -0.39 is 30.4 Å². The molecule has 1 aliphatic heterocycles. The van der Waals surface area contributed by atoms with E-state index in [0.717, 1.165) is 0 Å². The maximum Gasteiger partial charge on any atom is 0.303 e. The van der Waals surface area contributed by atoms with Gasteiger partial charge in [0.15, 0.2) is 6.29 Å². The van der Waals surface area contributed by atoms with Crippen LogP contribution in [0.1, 0.15) is 46.0 Å². The summed E-state index contributed by atoms with van der Waals surface area (Å²) >= 11 is 0. The predicted molar refractivity (Wildman–Crippen MR) is 82.5 cm³/mol. The second-order valence-corrected chi connectivity index (χ2v) is 6.14. The van der Waals surface area contributed by atoms with Gasteiger partial charge in [-0.15, -0.1) is 0 Å². The smallest absolute Gasteiger partial charge is 0.303 e. The molecule has 0 amide bonds. The summed E-state index contributed by atoms with van der Waals surface area (Å²) in [4.78, 5) is 22.2. The van der Waals surface area contributed by atoms with Gasteiger partial charge in [-0.2, -0.15) is 0 Å². The zero-order valence-electron chi connectivity index (χ0n) is 13.9. The molecule has 1 aliphatic carbocycles. The van der Waals surface area contributed by atoms with Crippen molar-refractivity contribution in [3.63, 3.8) is 0 Å². The first-order valence-corrected chi connectivity index (χ1v) is 8.30. The molecule has 2 rings (SSSR count). The molecule has 1 heterocycles. The summed E-state index contributed by atoms with van der Waals surface area (Å²) in [7, 11) is 0. The largest absolute Gasteiger partial charge is 0.463 e. The van der Waals surface area contributed by atoms with Gasteiger partial charge in [0.25, 0.3) is 0 Å². The summed E-state index contributed by atoms with van der Waals surface area (Å²) in [6.45, 7) is 3.35. The molecule has 2 aliphatic rings. The molecule has 6 heteroatoms. The fraction of sp³-hybridized carbons (Fsp3) is 0.765. The van der Waals surface area contributed by atoms with Crippen molar-refractivity contribution in [2.24, 2.45) is 5.92 Å². The fourth-order valence-corrected chi connectivity index (χ4v) is 2.94. The van der Waals surface area contributed by atoms with Crippen LogP contribution in [0.5, 0.6) is 0 Å². The molecule has 0 aromatic heterocycles. The van der Waals surface area contributed by atoms with Crippen LogP contribution in [-0.2, 0) is 28.5 Å². The Morgan fingerprint density at radius 3 is 2.43 bits per heavy atom. The summed E-state index contributed by atoms with van der Waals surface area (Å²) in [6.07, 6.45) is 8.11. The highest BCUT2D eigenvalue weighted by molar-refractivity contribution is 5.66. The number of hydrogen-bond donors (Lipinski definition) is 0. The fourth-order valence-electron chi connectivity index (χ4n) is 2.94. The normalized spacial score (nSPS) is 28.3. The van der Waals surface area contributed by atoms with Crippen LogP contribution in [0.3, 0.4) is 0 Å². The maximum atomic E-state index is 11.2. The second-order valence-electron chi connectivity index (χ2n) is 6.14. The van der Waals surface area contributed by atoms with Crippen molar-refractivity contribution in [2.75, 3.05) is 13.2 Å². The number of rotatable bonds is 6. The number of carbonyl (C=O) groups excluding carboxylic acids is 2. The number of carbonyl (C=O) groups is 2. The molecular formula is C17H26O6. The zero-order valence-corrected chi connectivity index (χ0v) is 13.9. The molecule has 0 spiro atoms. The molecular weight excluding hydrogens is 300 g/mol.